The molecular weight excluding hydrogens is 549 g/mol. The Morgan fingerprint density at radius 1 is 1.27 bits per heavy atom. The van der Waals surface area contributed by atoms with E-state index in [1.807, 2.05) is 14.1 Å². The van der Waals surface area contributed by atoms with Gasteiger partial charge >= 0.3 is 5.97 Å². The number of fused-ring (bicyclic) bond motifs is 4. The number of hydrogen-bond acceptors (Lipinski definition) is 7. The number of H-pyrrole nitrogens is 1. The van der Waals surface area contributed by atoms with E-state index >= 15 is 4.39 Å². The summed E-state index contributed by atoms with van der Waals surface area (Å²) in [4.78, 5) is 41.9. The Balaban J connectivity index is 1.67. The smallest absolute Gasteiger partial charge is 0.341 e. The normalized spacial score (nSPS) is 15.6. The molecule has 0 aliphatic carbocycles. The van der Waals surface area contributed by atoms with Gasteiger partial charge in [0, 0.05) is 74.9 Å². The quantitative estimate of drug-likeness (QED) is 0.269. The molecular formula is C29H29ClFN7O3. The van der Waals surface area contributed by atoms with Crippen LogP contribution in [0.25, 0.3) is 44.1 Å². The Bertz CT molecular complexity index is 1930. The highest BCUT2D eigenvalue weighted by molar-refractivity contribution is 6.39. The summed E-state index contributed by atoms with van der Waals surface area (Å²) in [5.41, 5.74) is 3.25. The van der Waals surface area contributed by atoms with Crippen molar-refractivity contribution in [3.05, 3.63) is 57.3 Å². The first-order valence-electron chi connectivity index (χ1n) is 13.2. The van der Waals surface area contributed by atoms with E-state index in [4.69, 9.17) is 16.6 Å². The summed E-state index contributed by atoms with van der Waals surface area (Å²) in [6.45, 7) is 2.43. The average Bonchev–Trinajstić information content (AvgIpc) is 3.56. The van der Waals surface area contributed by atoms with Gasteiger partial charge in [0.1, 0.15) is 22.7 Å². The molecule has 1 saturated heterocycles. The van der Waals surface area contributed by atoms with Crippen molar-refractivity contribution < 1.29 is 14.3 Å². The predicted molar refractivity (Wildman–Crippen MR) is 160 cm³/mol. The van der Waals surface area contributed by atoms with E-state index in [0.717, 1.165) is 31.7 Å². The lowest BCUT2D eigenvalue weighted by atomic mass is 10.0. The number of anilines is 2. The van der Waals surface area contributed by atoms with E-state index in [1.165, 1.54) is 16.8 Å². The number of aromatic nitrogens is 4. The van der Waals surface area contributed by atoms with Gasteiger partial charge in [0.05, 0.1) is 32.7 Å². The molecule has 41 heavy (non-hydrogen) atoms. The van der Waals surface area contributed by atoms with Crippen LogP contribution in [0.3, 0.4) is 0 Å². The fourth-order valence-electron chi connectivity index (χ4n) is 6.04. The monoisotopic (exact) mass is 577 g/mol. The number of hydrogen-bond donors (Lipinski definition) is 3. The van der Waals surface area contributed by atoms with E-state index in [9.17, 15) is 14.7 Å². The molecule has 1 aliphatic heterocycles. The molecule has 0 amide bonds. The number of benzene rings is 1. The largest absolute Gasteiger partial charge is 0.477 e. The molecule has 1 fully saturated rings. The van der Waals surface area contributed by atoms with Crippen LogP contribution in [0.5, 0.6) is 0 Å². The van der Waals surface area contributed by atoms with E-state index in [-0.39, 0.29) is 16.0 Å². The lowest BCUT2D eigenvalue weighted by molar-refractivity contribution is 0.0695. The summed E-state index contributed by atoms with van der Waals surface area (Å²) >= 11 is 6.63. The molecule has 12 heteroatoms. The summed E-state index contributed by atoms with van der Waals surface area (Å²) in [6, 6.07) is 3.01. The van der Waals surface area contributed by atoms with Crippen LogP contribution in [0.4, 0.5) is 15.8 Å². The number of aromatic amines is 1. The number of rotatable bonds is 6. The van der Waals surface area contributed by atoms with Crippen LogP contribution in [-0.2, 0) is 7.05 Å². The number of nitrogens with one attached hydrogen (secondary N) is 2. The number of aromatic carboxylic acids is 1. The van der Waals surface area contributed by atoms with Crippen molar-refractivity contribution in [2.24, 2.45) is 13.0 Å². The van der Waals surface area contributed by atoms with Crippen LogP contribution in [0.1, 0.15) is 16.8 Å². The number of pyridine rings is 3. The summed E-state index contributed by atoms with van der Waals surface area (Å²) in [5, 5.41) is 14.0. The number of aryl methyl sites for hydroxylation is 1. The zero-order valence-electron chi connectivity index (χ0n) is 23.0. The predicted octanol–water partition coefficient (Wildman–Crippen LogP) is 4.55. The second kappa shape index (κ2) is 10.0. The second-order valence-electron chi connectivity index (χ2n) is 10.8. The van der Waals surface area contributed by atoms with Gasteiger partial charge in [0.25, 0.3) is 0 Å². The standard InChI is InChI=1S/C29H29ClFN7O3/c1-32-20-8-19(31)23(30)21-22-25(38-6-5-14(12-38)11-36(2)3)17(10-33-27(22)35-24(20)21)15-7-16-26(39)18(29(40)41)13-37(4)28(16)34-9-15/h7-10,13-14,32H,5-6,11-12H2,1-4H3,(H,33,35)(H,40,41). The zero-order valence-corrected chi connectivity index (χ0v) is 23.8. The van der Waals surface area contributed by atoms with E-state index in [0.29, 0.717) is 50.3 Å². The topological polar surface area (TPSA) is 119 Å². The maximum Gasteiger partial charge on any atom is 0.341 e. The average molecular weight is 578 g/mol. The molecule has 6 rings (SSSR count). The molecule has 5 aromatic rings. The maximum absolute atomic E-state index is 15.1. The van der Waals surface area contributed by atoms with Crippen LogP contribution in [0.15, 0.2) is 35.5 Å². The fourth-order valence-corrected chi connectivity index (χ4v) is 6.29. The van der Waals surface area contributed by atoms with Gasteiger partial charge in [0.2, 0.25) is 5.43 Å². The summed E-state index contributed by atoms with van der Waals surface area (Å²) in [7, 11) is 7.46. The minimum absolute atomic E-state index is 0.00825. The van der Waals surface area contributed by atoms with Crippen molar-refractivity contribution >= 4 is 61.9 Å². The van der Waals surface area contributed by atoms with E-state index in [1.54, 1.807) is 32.6 Å². The van der Waals surface area contributed by atoms with Gasteiger partial charge in [-0.25, -0.2) is 19.2 Å². The van der Waals surface area contributed by atoms with Gasteiger partial charge < -0.3 is 29.8 Å². The number of carboxylic acids is 1. The first-order chi connectivity index (χ1) is 19.6. The molecule has 10 nitrogen and oxygen atoms in total. The van der Waals surface area contributed by atoms with Gasteiger partial charge in [-0.2, -0.15) is 0 Å². The SMILES string of the molecule is CNc1cc(F)c(Cl)c2c1[nH]c1ncc(-c3cnc4c(c3)c(=O)c(C(=O)O)cn4C)c(N3CCC(CN(C)C)C3)c12. The molecule has 1 aromatic carbocycles. The van der Waals surface area contributed by atoms with Gasteiger partial charge in [-0.1, -0.05) is 11.6 Å². The molecule has 4 aromatic heterocycles. The molecule has 1 aliphatic rings. The molecule has 1 unspecified atom stereocenters. The van der Waals surface area contributed by atoms with Crippen LogP contribution in [-0.4, -0.2) is 76.3 Å². The third-order valence-electron chi connectivity index (χ3n) is 7.81. The van der Waals surface area contributed by atoms with Crippen LogP contribution < -0.4 is 15.6 Å². The fraction of sp³-hybridized carbons (Fsp3) is 0.310. The van der Waals surface area contributed by atoms with Crippen molar-refractivity contribution in [2.75, 3.05) is 51.0 Å². The minimum Gasteiger partial charge on any atom is -0.477 e. The Labute approximate surface area is 239 Å². The zero-order chi connectivity index (χ0) is 29.2. The Hall–Kier alpha value is -4.22. The highest BCUT2D eigenvalue weighted by Crippen LogP contribution is 2.46. The molecule has 3 N–H and O–H groups in total. The summed E-state index contributed by atoms with van der Waals surface area (Å²) < 4.78 is 16.6. The molecule has 0 saturated carbocycles. The highest BCUT2D eigenvalue weighted by atomic mass is 35.5. The summed E-state index contributed by atoms with van der Waals surface area (Å²) in [6.07, 6.45) is 5.60. The number of halogens is 2. The van der Waals surface area contributed by atoms with Gasteiger partial charge in [-0.3, -0.25) is 4.79 Å². The van der Waals surface area contributed by atoms with Gasteiger partial charge in [-0.05, 0) is 32.5 Å². The Morgan fingerprint density at radius 3 is 2.76 bits per heavy atom. The molecule has 0 spiro atoms. The lowest BCUT2D eigenvalue weighted by Gasteiger charge is -2.24. The Kier molecular flexibility index (Phi) is 6.58. The number of carboxylic acid groups (broad SMARTS) is 1. The third-order valence-corrected chi connectivity index (χ3v) is 8.18. The Morgan fingerprint density at radius 2 is 2.05 bits per heavy atom. The van der Waals surface area contributed by atoms with E-state index < -0.39 is 17.2 Å². The highest BCUT2D eigenvalue weighted by Gasteiger charge is 2.30. The minimum atomic E-state index is -1.30. The molecule has 212 valence electrons. The first-order valence-corrected chi connectivity index (χ1v) is 13.6. The van der Waals surface area contributed by atoms with Crippen molar-refractivity contribution in [1.29, 1.82) is 0 Å². The van der Waals surface area contributed by atoms with Crippen molar-refractivity contribution in [1.82, 2.24) is 24.4 Å². The summed E-state index contributed by atoms with van der Waals surface area (Å²) in [5.74, 6) is -1.45. The van der Waals surface area contributed by atoms with Gasteiger partial charge in [-0.15, -0.1) is 0 Å². The number of nitrogens with zero attached hydrogens (tertiary/aromatic N) is 5. The lowest BCUT2D eigenvalue weighted by Crippen LogP contribution is -2.26. The van der Waals surface area contributed by atoms with Crippen LogP contribution in [0, 0.1) is 11.7 Å². The molecule has 0 bridgehead atoms. The molecule has 5 heterocycles. The maximum atomic E-state index is 15.1. The third kappa shape index (κ3) is 4.36. The molecule has 1 atom stereocenters. The van der Waals surface area contributed by atoms with Crippen molar-refractivity contribution in [3.8, 4) is 11.1 Å². The van der Waals surface area contributed by atoms with Gasteiger partial charge in [0.15, 0.2) is 0 Å². The number of carbonyl (C=O) groups is 1. The first kappa shape index (κ1) is 27.0. The second-order valence-corrected chi connectivity index (χ2v) is 11.2. The van der Waals surface area contributed by atoms with Crippen LogP contribution in [0.2, 0.25) is 5.02 Å². The molecule has 0 radical (unpaired) electrons. The van der Waals surface area contributed by atoms with Crippen molar-refractivity contribution in [2.45, 2.75) is 6.42 Å². The van der Waals surface area contributed by atoms with Crippen molar-refractivity contribution in [3.63, 3.8) is 0 Å². The van der Waals surface area contributed by atoms with Crippen LogP contribution >= 0.6 is 11.6 Å². The van der Waals surface area contributed by atoms with E-state index in [2.05, 4.69) is 25.1 Å².